The van der Waals surface area contributed by atoms with Gasteiger partial charge in [0.1, 0.15) is 5.82 Å². The zero-order valence-corrected chi connectivity index (χ0v) is 13.5. The predicted molar refractivity (Wildman–Crippen MR) is 85.1 cm³/mol. The van der Waals surface area contributed by atoms with Gasteiger partial charge in [-0.25, -0.2) is 4.39 Å². The molecule has 1 aromatic rings. The van der Waals surface area contributed by atoms with Crippen LogP contribution in [0.1, 0.15) is 50.2 Å². The molecule has 1 fully saturated rings. The molecule has 1 aromatic carbocycles. The summed E-state index contributed by atoms with van der Waals surface area (Å²) in [6, 6.07) is 5.32. The second-order valence-electron chi connectivity index (χ2n) is 6.21. The molecule has 0 aromatic heterocycles. The first-order valence-corrected chi connectivity index (χ1v) is 8.15. The zero-order chi connectivity index (χ0) is 15.3. The van der Waals surface area contributed by atoms with Crippen molar-refractivity contribution in [2.45, 2.75) is 64.0 Å². The van der Waals surface area contributed by atoms with Crippen molar-refractivity contribution in [3.05, 3.63) is 35.1 Å². The van der Waals surface area contributed by atoms with Crippen LogP contribution in [0, 0.1) is 12.7 Å². The molecule has 0 radical (unpaired) electrons. The number of aryl methyl sites for hydroxylation is 1. The summed E-state index contributed by atoms with van der Waals surface area (Å²) < 4.78 is 19.5. The first kappa shape index (κ1) is 16.4. The quantitative estimate of drug-likeness (QED) is 0.856. The summed E-state index contributed by atoms with van der Waals surface area (Å²) in [5, 5.41) is 3.59. The minimum absolute atomic E-state index is 0.104. The Morgan fingerprint density at radius 2 is 2.00 bits per heavy atom. The van der Waals surface area contributed by atoms with Gasteiger partial charge in [-0.3, -0.25) is 0 Å². The lowest BCUT2D eigenvalue weighted by Crippen LogP contribution is -2.54. The van der Waals surface area contributed by atoms with Crippen LogP contribution in [0.2, 0.25) is 0 Å². The van der Waals surface area contributed by atoms with E-state index in [4.69, 9.17) is 4.74 Å². The fourth-order valence-electron chi connectivity index (χ4n) is 3.62. The van der Waals surface area contributed by atoms with Gasteiger partial charge in [-0.15, -0.1) is 0 Å². The number of hydrogen-bond acceptors (Lipinski definition) is 2. The first-order chi connectivity index (χ1) is 10.1. The van der Waals surface area contributed by atoms with Crippen molar-refractivity contribution in [2.75, 3.05) is 13.7 Å². The van der Waals surface area contributed by atoms with Crippen molar-refractivity contribution < 1.29 is 9.13 Å². The Balaban J connectivity index is 2.23. The lowest BCUT2D eigenvalue weighted by molar-refractivity contribution is -0.0670. The first-order valence-electron chi connectivity index (χ1n) is 8.15. The van der Waals surface area contributed by atoms with E-state index in [-0.39, 0.29) is 17.5 Å². The van der Waals surface area contributed by atoms with Crippen molar-refractivity contribution in [3.8, 4) is 0 Å². The Labute approximate surface area is 128 Å². The van der Waals surface area contributed by atoms with E-state index in [1.807, 2.05) is 13.2 Å². The van der Waals surface area contributed by atoms with Crippen molar-refractivity contribution in [2.24, 2.45) is 0 Å². The van der Waals surface area contributed by atoms with Crippen molar-refractivity contribution >= 4 is 0 Å². The summed E-state index contributed by atoms with van der Waals surface area (Å²) in [6.45, 7) is 5.08. The Hall–Kier alpha value is -0.930. The maximum absolute atomic E-state index is 13.6. The van der Waals surface area contributed by atoms with Gasteiger partial charge in [0.2, 0.25) is 0 Å². The van der Waals surface area contributed by atoms with Gasteiger partial charge in [-0.05, 0) is 56.0 Å². The van der Waals surface area contributed by atoms with Gasteiger partial charge < -0.3 is 10.1 Å². The molecule has 2 nitrogen and oxygen atoms in total. The number of benzene rings is 1. The highest BCUT2D eigenvalue weighted by Gasteiger charge is 2.39. The van der Waals surface area contributed by atoms with E-state index in [1.54, 1.807) is 6.07 Å². The lowest BCUT2D eigenvalue weighted by Gasteiger charge is -2.43. The highest BCUT2D eigenvalue weighted by Crippen LogP contribution is 2.35. The van der Waals surface area contributed by atoms with E-state index in [9.17, 15) is 4.39 Å². The van der Waals surface area contributed by atoms with Gasteiger partial charge in [0.05, 0.1) is 5.60 Å². The van der Waals surface area contributed by atoms with Crippen LogP contribution < -0.4 is 5.32 Å². The maximum atomic E-state index is 13.6. The molecule has 0 saturated heterocycles. The Kier molecular flexibility index (Phi) is 5.77. The third kappa shape index (κ3) is 3.83. The number of rotatable bonds is 6. The van der Waals surface area contributed by atoms with Crippen LogP contribution in [0.25, 0.3) is 0 Å². The summed E-state index contributed by atoms with van der Waals surface area (Å²) in [4.78, 5) is 0. The number of ether oxygens (including phenoxy) is 1. The molecule has 1 atom stereocenters. The van der Waals surface area contributed by atoms with Gasteiger partial charge in [-0.1, -0.05) is 32.3 Å². The monoisotopic (exact) mass is 293 g/mol. The SMILES string of the molecule is CCNC(Cc1cc(F)ccc1C)C1(OC)CCCCC1. The third-order valence-electron chi connectivity index (χ3n) is 4.93. The Morgan fingerprint density at radius 1 is 1.29 bits per heavy atom. The molecule has 0 aliphatic heterocycles. The average molecular weight is 293 g/mol. The minimum Gasteiger partial charge on any atom is -0.377 e. The van der Waals surface area contributed by atoms with Gasteiger partial charge in [0, 0.05) is 13.2 Å². The van der Waals surface area contributed by atoms with Gasteiger partial charge in [0.25, 0.3) is 0 Å². The Bertz CT molecular complexity index is 455. The number of nitrogens with one attached hydrogen (secondary N) is 1. The molecule has 21 heavy (non-hydrogen) atoms. The number of hydrogen-bond donors (Lipinski definition) is 1. The van der Waals surface area contributed by atoms with Crippen LogP contribution in [0.15, 0.2) is 18.2 Å². The summed E-state index contributed by atoms with van der Waals surface area (Å²) in [6.07, 6.45) is 6.75. The topological polar surface area (TPSA) is 21.3 Å². The number of methoxy groups -OCH3 is 1. The van der Waals surface area contributed by atoms with E-state index in [0.717, 1.165) is 36.9 Å². The summed E-state index contributed by atoms with van der Waals surface area (Å²) in [5.41, 5.74) is 2.14. The Morgan fingerprint density at radius 3 is 2.62 bits per heavy atom. The van der Waals surface area contributed by atoms with Crippen LogP contribution >= 0.6 is 0 Å². The summed E-state index contributed by atoms with van der Waals surface area (Å²) in [7, 11) is 1.83. The molecule has 0 heterocycles. The van der Waals surface area contributed by atoms with Crippen molar-refractivity contribution in [3.63, 3.8) is 0 Å². The molecular weight excluding hydrogens is 265 g/mol. The van der Waals surface area contributed by atoms with E-state index < -0.39 is 0 Å². The fraction of sp³-hybridized carbons (Fsp3) is 0.667. The number of likely N-dealkylation sites (N-methyl/N-ethyl adjacent to an activating group) is 1. The summed E-state index contributed by atoms with van der Waals surface area (Å²) >= 11 is 0. The van der Waals surface area contributed by atoms with Gasteiger partial charge in [0.15, 0.2) is 0 Å². The average Bonchev–Trinajstić information content (AvgIpc) is 2.51. The molecule has 0 amide bonds. The molecule has 1 saturated carbocycles. The number of halogens is 1. The molecule has 0 spiro atoms. The van der Waals surface area contributed by atoms with Gasteiger partial charge >= 0.3 is 0 Å². The summed E-state index contributed by atoms with van der Waals surface area (Å²) in [5.74, 6) is -0.152. The fourth-order valence-corrected chi connectivity index (χ4v) is 3.62. The molecule has 1 N–H and O–H groups in total. The predicted octanol–water partition coefficient (Wildman–Crippen LogP) is 4.00. The van der Waals surface area contributed by atoms with E-state index in [0.29, 0.717) is 0 Å². The highest BCUT2D eigenvalue weighted by molar-refractivity contribution is 5.28. The second kappa shape index (κ2) is 7.37. The largest absolute Gasteiger partial charge is 0.377 e. The molecule has 3 heteroatoms. The van der Waals surface area contributed by atoms with Gasteiger partial charge in [-0.2, -0.15) is 0 Å². The zero-order valence-electron chi connectivity index (χ0n) is 13.5. The van der Waals surface area contributed by atoms with Crippen LogP contribution in [0.5, 0.6) is 0 Å². The molecular formula is C18H28FNO. The van der Waals surface area contributed by atoms with Crippen molar-refractivity contribution in [1.29, 1.82) is 0 Å². The third-order valence-corrected chi connectivity index (χ3v) is 4.93. The lowest BCUT2D eigenvalue weighted by atomic mass is 9.76. The van der Waals surface area contributed by atoms with Crippen LogP contribution in [0.3, 0.4) is 0 Å². The smallest absolute Gasteiger partial charge is 0.123 e. The molecule has 1 unspecified atom stereocenters. The molecule has 118 valence electrons. The van der Waals surface area contributed by atoms with E-state index in [2.05, 4.69) is 19.2 Å². The molecule has 0 bridgehead atoms. The van der Waals surface area contributed by atoms with Crippen LogP contribution in [-0.2, 0) is 11.2 Å². The highest BCUT2D eigenvalue weighted by atomic mass is 19.1. The normalized spacial score (nSPS) is 19.4. The molecule has 1 aliphatic carbocycles. The van der Waals surface area contributed by atoms with Crippen LogP contribution in [-0.4, -0.2) is 25.3 Å². The van der Waals surface area contributed by atoms with Crippen LogP contribution in [0.4, 0.5) is 4.39 Å². The van der Waals surface area contributed by atoms with E-state index in [1.165, 1.54) is 25.3 Å². The maximum Gasteiger partial charge on any atom is 0.123 e. The second-order valence-corrected chi connectivity index (χ2v) is 6.21. The molecule has 1 aliphatic rings. The molecule has 2 rings (SSSR count). The van der Waals surface area contributed by atoms with Crippen molar-refractivity contribution in [1.82, 2.24) is 5.32 Å². The standard InChI is InChI=1S/C18H28FNO/c1-4-20-17(18(21-3)10-6-5-7-11-18)13-15-12-16(19)9-8-14(15)2/h8-9,12,17,20H,4-7,10-11,13H2,1-3H3. The minimum atomic E-state index is -0.152. The van der Waals surface area contributed by atoms with E-state index >= 15 is 0 Å².